The molecule has 0 spiro atoms. The van der Waals surface area contributed by atoms with Crippen molar-refractivity contribution in [2.45, 2.75) is 50.6 Å². The lowest BCUT2D eigenvalue weighted by molar-refractivity contribution is -0.127. The number of nitrogens with one attached hydrogen (secondary N) is 2. The van der Waals surface area contributed by atoms with E-state index in [0.717, 1.165) is 37.6 Å². The summed E-state index contributed by atoms with van der Waals surface area (Å²) in [5.74, 6) is -0.839. The zero-order valence-corrected chi connectivity index (χ0v) is 16.5. The van der Waals surface area contributed by atoms with Crippen LogP contribution in [0, 0.1) is 29.0 Å². The first-order valence-electron chi connectivity index (χ1n) is 10.2. The second-order valence-corrected chi connectivity index (χ2v) is 8.22. The Morgan fingerprint density at radius 2 is 1.97 bits per heavy atom. The molecular formula is C22H25FN4O2. The maximum Gasteiger partial charge on any atom is 0.268 e. The quantitative estimate of drug-likeness (QED) is 0.814. The Morgan fingerprint density at radius 3 is 2.69 bits per heavy atom. The molecule has 1 aromatic heterocycles. The number of carbonyl (C=O) groups is 2. The summed E-state index contributed by atoms with van der Waals surface area (Å²) in [6, 6.07) is 7.58. The molecule has 1 heterocycles. The number of fused-ring (bicyclic) bond motifs is 1. The van der Waals surface area contributed by atoms with Crippen LogP contribution in [-0.2, 0) is 11.8 Å². The molecule has 1 aromatic carbocycles. The van der Waals surface area contributed by atoms with E-state index in [4.69, 9.17) is 0 Å². The minimum atomic E-state index is -0.436. The van der Waals surface area contributed by atoms with E-state index >= 15 is 0 Å². The standard InChI is InChI=1S/C22H25FN4O2/c1-27-19-9-8-15(23)10-14(19)11-20(27)22(29)25-17-5-3-2-4-16(17)21(28)26-18(12-24)13-6-7-13/h8-11,13,16-18H,2-7H2,1H3,(H,25,29)(H,26,28)/t16-,17+,18?/m1/s1. The fraction of sp³-hybridized carbons (Fsp3) is 0.500. The van der Waals surface area contributed by atoms with Crippen molar-refractivity contribution in [1.29, 1.82) is 5.26 Å². The summed E-state index contributed by atoms with van der Waals surface area (Å²) in [7, 11) is 1.77. The van der Waals surface area contributed by atoms with Crippen molar-refractivity contribution in [3.63, 3.8) is 0 Å². The van der Waals surface area contributed by atoms with Gasteiger partial charge in [0.2, 0.25) is 5.91 Å². The van der Waals surface area contributed by atoms with Crippen molar-refractivity contribution in [3.05, 3.63) is 35.8 Å². The van der Waals surface area contributed by atoms with E-state index in [1.165, 1.54) is 12.1 Å². The largest absolute Gasteiger partial charge is 0.347 e. The van der Waals surface area contributed by atoms with Gasteiger partial charge in [-0.3, -0.25) is 9.59 Å². The molecule has 0 bridgehead atoms. The Morgan fingerprint density at radius 1 is 1.21 bits per heavy atom. The van der Waals surface area contributed by atoms with Crippen molar-refractivity contribution < 1.29 is 14.0 Å². The molecule has 2 aromatic rings. The molecule has 2 aliphatic rings. The van der Waals surface area contributed by atoms with E-state index in [0.29, 0.717) is 17.5 Å². The monoisotopic (exact) mass is 396 g/mol. The van der Waals surface area contributed by atoms with Crippen molar-refractivity contribution in [3.8, 4) is 6.07 Å². The summed E-state index contributed by atoms with van der Waals surface area (Å²) in [6.45, 7) is 0. The van der Waals surface area contributed by atoms with Gasteiger partial charge in [-0.25, -0.2) is 4.39 Å². The minimum absolute atomic E-state index is 0.146. The van der Waals surface area contributed by atoms with Gasteiger partial charge in [-0.05, 0) is 55.9 Å². The summed E-state index contributed by atoms with van der Waals surface area (Å²) in [5, 5.41) is 15.9. The van der Waals surface area contributed by atoms with Gasteiger partial charge in [-0.2, -0.15) is 5.26 Å². The van der Waals surface area contributed by atoms with Gasteiger partial charge in [-0.15, -0.1) is 0 Å². The van der Waals surface area contributed by atoms with Crippen LogP contribution >= 0.6 is 0 Å². The molecule has 152 valence electrons. The Kier molecular flexibility index (Phi) is 5.27. The predicted octanol–water partition coefficient (Wildman–Crippen LogP) is 3.02. The van der Waals surface area contributed by atoms with E-state index in [-0.39, 0.29) is 35.5 Å². The van der Waals surface area contributed by atoms with Crippen molar-refractivity contribution in [2.75, 3.05) is 0 Å². The first-order chi connectivity index (χ1) is 14.0. The van der Waals surface area contributed by atoms with Gasteiger partial charge in [0.05, 0.1) is 12.0 Å². The van der Waals surface area contributed by atoms with Crippen LogP contribution in [0.3, 0.4) is 0 Å². The lowest BCUT2D eigenvalue weighted by Gasteiger charge is -2.31. The van der Waals surface area contributed by atoms with Crippen LogP contribution in [-0.4, -0.2) is 28.5 Å². The highest BCUT2D eigenvalue weighted by molar-refractivity contribution is 5.99. The molecule has 1 unspecified atom stereocenters. The second kappa shape index (κ2) is 7.86. The number of nitrogens with zero attached hydrogens (tertiary/aromatic N) is 2. The molecule has 2 aliphatic carbocycles. The Bertz CT molecular complexity index is 989. The summed E-state index contributed by atoms with van der Waals surface area (Å²) in [4.78, 5) is 25.8. The molecule has 6 nitrogen and oxygen atoms in total. The van der Waals surface area contributed by atoms with E-state index in [2.05, 4.69) is 16.7 Å². The molecule has 0 aliphatic heterocycles. The van der Waals surface area contributed by atoms with Crippen LogP contribution in [0.4, 0.5) is 4.39 Å². The van der Waals surface area contributed by atoms with Crippen LogP contribution in [0.25, 0.3) is 10.9 Å². The topological polar surface area (TPSA) is 86.9 Å². The molecule has 29 heavy (non-hydrogen) atoms. The molecule has 2 amide bonds. The van der Waals surface area contributed by atoms with Crippen LogP contribution in [0.1, 0.15) is 49.0 Å². The number of hydrogen-bond donors (Lipinski definition) is 2. The van der Waals surface area contributed by atoms with Gasteiger partial charge in [0.25, 0.3) is 5.91 Å². The molecule has 2 fully saturated rings. The van der Waals surface area contributed by atoms with Crippen molar-refractivity contribution in [2.24, 2.45) is 18.9 Å². The summed E-state index contributed by atoms with van der Waals surface area (Å²) >= 11 is 0. The third-order valence-corrected chi connectivity index (χ3v) is 6.19. The van der Waals surface area contributed by atoms with Crippen LogP contribution in [0.2, 0.25) is 0 Å². The SMILES string of the molecule is Cn1c(C(=O)N[C@H]2CCCC[C@H]2C(=O)NC(C#N)C2CC2)cc2cc(F)ccc21. The highest BCUT2D eigenvalue weighted by atomic mass is 19.1. The number of rotatable bonds is 5. The fourth-order valence-corrected chi connectivity index (χ4v) is 4.34. The maximum atomic E-state index is 13.5. The zero-order chi connectivity index (χ0) is 20.5. The summed E-state index contributed by atoms with van der Waals surface area (Å²) in [5.41, 5.74) is 1.21. The van der Waals surface area contributed by atoms with Gasteiger partial charge in [0.1, 0.15) is 17.6 Å². The summed E-state index contributed by atoms with van der Waals surface area (Å²) in [6.07, 6.45) is 5.25. The van der Waals surface area contributed by atoms with E-state index in [9.17, 15) is 19.2 Å². The smallest absolute Gasteiger partial charge is 0.268 e. The van der Waals surface area contributed by atoms with E-state index < -0.39 is 6.04 Å². The highest BCUT2D eigenvalue weighted by Gasteiger charge is 2.37. The number of halogens is 1. The Hall–Kier alpha value is -2.88. The van der Waals surface area contributed by atoms with Crippen LogP contribution < -0.4 is 10.6 Å². The van der Waals surface area contributed by atoms with Gasteiger partial charge in [0.15, 0.2) is 0 Å². The molecule has 3 atom stereocenters. The number of aryl methyl sites for hydroxylation is 1. The molecule has 2 N–H and O–H groups in total. The molecule has 0 saturated heterocycles. The number of aromatic nitrogens is 1. The van der Waals surface area contributed by atoms with Crippen molar-refractivity contribution in [1.82, 2.24) is 15.2 Å². The van der Waals surface area contributed by atoms with Gasteiger partial charge in [-0.1, -0.05) is 12.8 Å². The summed E-state index contributed by atoms with van der Waals surface area (Å²) < 4.78 is 15.2. The molecule has 4 rings (SSSR count). The average molecular weight is 396 g/mol. The van der Waals surface area contributed by atoms with Gasteiger partial charge < -0.3 is 15.2 Å². The zero-order valence-electron chi connectivity index (χ0n) is 16.5. The molecular weight excluding hydrogens is 371 g/mol. The lowest BCUT2D eigenvalue weighted by atomic mass is 9.83. The number of carbonyl (C=O) groups excluding carboxylic acids is 2. The first kappa shape index (κ1) is 19.4. The minimum Gasteiger partial charge on any atom is -0.347 e. The Balaban J connectivity index is 1.49. The number of benzene rings is 1. The third-order valence-electron chi connectivity index (χ3n) is 6.19. The average Bonchev–Trinajstić information content (AvgIpc) is 3.50. The van der Waals surface area contributed by atoms with Crippen LogP contribution in [0.15, 0.2) is 24.3 Å². The number of hydrogen-bond acceptors (Lipinski definition) is 3. The van der Waals surface area contributed by atoms with Gasteiger partial charge in [0, 0.05) is 24.0 Å². The fourth-order valence-electron chi connectivity index (χ4n) is 4.34. The van der Waals surface area contributed by atoms with E-state index in [1.807, 2.05) is 0 Å². The first-order valence-corrected chi connectivity index (χ1v) is 10.2. The predicted molar refractivity (Wildman–Crippen MR) is 106 cm³/mol. The maximum absolute atomic E-state index is 13.5. The normalized spacial score (nSPS) is 22.7. The molecule has 0 radical (unpaired) electrons. The van der Waals surface area contributed by atoms with Crippen LogP contribution in [0.5, 0.6) is 0 Å². The lowest BCUT2D eigenvalue weighted by Crippen LogP contribution is -2.50. The second-order valence-electron chi connectivity index (χ2n) is 8.22. The van der Waals surface area contributed by atoms with Gasteiger partial charge >= 0.3 is 0 Å². The molecule has 2 saturated carbocycles. The molecule has 7 heteroatoms. The number of nitriles is 1. The van der Waals surface area contributed by atoms with E-state index in [1.54, 1.807) is 23.7 Å². The Labute approximate surface area is 169 Å². The highest BCUT2D eigenvalue weighted by Crippen LogP contribution is 2.33. The third kappa shape index (κ3) is 3.98. The number of amides is 2. The van der Waals surface area contributed by atoms with Crippen molar-refractivity contribution >= 4 is 22.7 Å².